The van der Waals surface area contributed by atoms with Crippen molar-refractivity contribution >= 4 is 23.2 Å². The number of likely N-dealkylation sites (N-methyl/N-ethyl adjacent to an activating group) is 1. The molecule has 0 heterocycles. The number of benzene rings is 1. The second kappa shape index (κ2) is 10.4. The Labute approximate surface area is 251 Å². The number of nitriles is 1. The minimum atomic E-state index is -2.65. The van der Waals surface area contributed by atoms with Crippen LogP contribution in [0.1, 0.15) is 50.3 Å². The Morgan fingerprint density at radius 2 is 1.77 bits per heavy atom. The van der Waals surface area contributed by atoms with E-state index in [9.17, 15) is 35.0 Å². The summed E-state index contributed by atoms with van der Waals surface area (Å²) >= 11 is 0. The summed E-state index contributed by atoms with van der Waals surface area (Å²) in [6.07, 6.45) is 0.956. The van der Waals surface area contributed by atoms with Gasteiger partial charge < -0.3 is 37.0 Å². The van der Waals surface area contributed by atoms with Crippen molar-refractivity contribution in [3.8, 4) is 11.8 Å². The van der Waals surface area contributed by atoms with Gasteiger partial charge in [-0.15, -0.1) is 0 Å². The van der Waals surface area contributed by atoms with E-state index in [1.807, 2.05) is 25.1 Å². The molecule has 232 valence electrons. The van der Waals surface area contributed by atoms with Crippen molar-refractivity contribution < 1.29 is 29.7 Å². The number of carbonyl (C=O) groups is 3. The molecule has 0 radical (unpaired) electrons. The zero-order valence-corrected chi connectivity index (χ0v) is 25.8. The molecule has 0 unspecified atom stereocenters. The van der Waals surface area contributed by atoms with Crippen molar-refractivity contribution in [3.63, 3.8) is 0 Å². The Morgan fingerprint density at radius 3 is 2.30 bits per heavy atom. The molecule has 0 aliphatic heterocycles. The van der Waals surface area contributed by atoms with E-state index in [1.54, 1.807) is 26.8 Å². The van der Waals surface area contributed by atoms with Crippen LogP contribution in [0.4, 0.5) is 0 Å². The van der Waals surface area contributed by atoms with Crippen LogP contribution in [0.3, 0.4) is 0 Å². The number of amides is 1. The summed E-state index contributed by atoms with van der Waals surface area (Å²) in [5, 5.41) is 47.4. The summed E-state index contributed by atoms with van der Waals surface area (Å²) in [6.45, 7) is 5.80. The fourth-order valence-electron chi connectivity index (χ4n) is 7.10. The van der Waals surface area contributed by atoms with Crippen LogP contribution in [0.5, 0.6) is 5.75 Å². The summed E-state index contributed by atoms with van der Waals surface area (Å²) < 4.78 is 0. The fourth-order valence-corrected chi connectivity index (χ4v) is 7.10. The van der Waals surface area contributed by atoms with E-state index >= 15 is 0 Å². The molecule has 43 heavy (non-hydrogen) atoms. The second-order valence-corrected chi connectivity index (χ2v) is 13.6. The van der Waals surface area contributed by atoms with E-state index in [4.69, 9.17) is 11.5 Å². The van der Waals surface area contributed by atoms with Gasteiger partial charge in [0.25, 0.3) is 5.91 Å². The molecule has 0 saturated heterocycles. The number of fused-ring (bicyclic) bond motifs is 3. The maximum atomic E-state index is 14.6. The first kappa shape index (κ1) is 32.2. The van der Waals surface area contributed by atoms with Gasteiger partial charge in [0, 0.05) is 5.54 Å². The number of aliphatic hydroxyl groups excluding tert-OH is 2. The van der Waals surface area contributed by atoms with Gasteiger partial charge in [0.05, 0.1) is 34.3 Å². The molecule has 12 heteroatoms. The number of ketones is 2. The summed E-state index contributed by atoms with van der Waals surface area (Å²) in [5.41, 5.74) is 6.93. The van der Waals surface area contributed by atoms with Crippen LogP contribution in [0.25, 0.3) is 5.76 Å². The molecule has 8 N–H and O–H groups in total. The minimum Gasteiger partial charge on any atom is -0.509 e. The van der Waals surface area contributed by atoms with Gasteiger partial charge >= 0.3 is 0 Å². The molecule has 1 amide bonds. The van der Waals surface area contributed by atoms with Gasteiger partial charge in [-0.25, -0.2) is 0 Å². The van der Waals surface area contributed by atoms with Gasteiger partial charge in [-0.05, 0) is 98.4 Å². The summed E-state index contributed by atoms with van der Waals surface area (Å²) in [6, 6.07) is 3.62. The fraction of sp³-hybridized carbons (Fsp3) is 0.548. The number of hydrogen-bond donors (Lipinski definition) is 6. The smallest absolute Gasteiger partial charge is 0.258 e. The molecule has 3 aliphatic rings. The van der Waals surface area contributed by atoms with Crippen LogP contribution in [0.2, 0.25) is 0 Å². The molecule has 1 aromatic carbocycles. The van der Waals surface area contributed by atoms with Gasteiger partial charge in [0.15, 0.2) is 17.0 Å². The van der Waals surface area contributed by atoms with Gasteiger partial charge in [0.1, 0.15) is 22.8 Å². The van der Waals surface area contributed by atoms with Crippen LogP contribution in [-0.4, -0.2) is 100.0 Å². The van der Waals surface area contributed by atoms with E-state index in [1.165, 1.54) is 25.1 Å². The van der Waals surface area contributed by atoms with E-state index < -0.39 is 68.2 Å². The highest BCUT2D eigenvalue weighted by Crippen LogP contribution is 2.58. The number of nitrogens with zero attached hydrogens (tertiary/aromatic N) is 3. The lowest BCUT2D eigenvalue weighted by atomic mass is 9.47. The Bertz CT molecular complexity index is 1520. The van der Waals surface area contributed by atoms with Gasteiger partial charge in [-0.2, -0.15) is 5.26 Å². The number of aromatic hydroxyl groups is 1. The summed E-state index contributed by atoms with van der Waals surface area (Å²) in [5.74, 6) is -4.93. The molecule has 1 aromatic rings. The number of aliphatic hydroxyl groups is 2. The van der Waals surface area contributed by atoms with Crippen molar-refractivity contribution in [3.05, 3.63) is 45.7 Å². The van der Waals surface area contributed by atoms with E-state index in [0.717, 1.165) is 18.5 Å². The molecule has 3 aliphatic carbocycles. The minimum absolute atomic E-state index is 0.0228. The normalized spacial score (nSPS) is 28.9. The molecule has 0 spiro atoms. The number of aryl methyl sites for hydroxylation is 1. The lowest BCUT2D eigenvalue weighted by Gasteiger charge is -2.58. The highest BCUT2D eigenvalue weighted by molar-refractivity contribution is 6.26. The highest BCUT2D eigenvalue weighted by atomic mass is 16.3. The monoisotopic (exact) mass is 594 g/mol. The third kappa shape index (κ3) is 4.71. The third-order valence-corrected chi connectivity index (χ3v) is 8.75. The number of phenols is 1. The number of nitrogens with one attached hydrogen (secondary N) is 1. The zero-order chi connectivity index (χ0) is 32.4. The van der Waals surface area contributed by atoms with Crippen molar-refractivity contribution in [1.82, 2.24) is 15.1 Å². The third-order valence-electron chi connectivity index (χ3n) is 8.75. The van der Waals surface area contributed by atoms with Crippen LogP contribution in [0, 0.1) is 16.7 Å². The van der Waals surface area contributed by atoms with Crippen molar-refractivity contribution in [2.24, 2.45) is 16.9 Å². The van der Waals surface area contributed by atoms with Gasteiger partial charge in [-0.3, -0.25) is 19.3 Å². The van der Waals surface area contributed by atoms with Gasteiger partial charge in [0.2, 0.25) is 0 Å². The van der Waals surface area contributed by atoms with E-state index in [0.29, 0.717) is 12.0 Å². The Morgan fingerprint density at radius 1 is 1.14 bits per heavy atom. The highest BCUT2D eigenvalue weighted by Gasteiger charge is 2.74. The largest absolute Gasteiger partial charge is 0.509 e. The molecular formula is C31H42N6O6. The molecule has 0 bridgehead atoms. The molecule has 1 saturated carbocycles. The SMILES string of the molecule is CN(C)CCCc1ccc(O)c2c1C[C@@]1(N)C[C@@]3(N)[C@H](N(C)C)C(=O)C(C(=O)NC(C)(C)C)=C(O)[C@@]3(C#N)C(=O)C1=C2O. The number of rotatable bonds is 6. The quantitative estimate of drug-likeness (QED) is 0.254. The number of phenolic OH excluding ortho intramolecular Hbond substituents is 1. The standard InChI is InChI=1S/C31H42N6O6/c1-28(2,3)35-27(43)20-23(40)24(37(6)7)31(34)14-29(33)13-17-16(9-8-12-36(4)5)10-11-18(38)19(17)22(39)21(29)26(42)30(31,15-32)25(20)41/h10-11,24,38-39,41H,8-9,12-14,33-34H2,1-7H3,(H,35,43)/t24-,29-,30+,31-/m1/s1. The lowest BCUT2D eigenvalue weighted by molar-refractivity contribution is -0.139. The number of carbonyl (C=O) groups excluding carboxylic acids is 3. The maximum Gasteiger partial charge on any atom is 0.258 e. The number of hydrogen-bond acceptors (Lipinski definition) is 11. The molecule has 12 nitrogen and oxygen atoms in total. The molecule has 4 atom stereocenters. The van der Waals surface area contributed by atoms with E-state index in [2.05, 4.69) is 5.32 Å². The average molecular weight is 595 g/mol. The predicted octanol–water partition coefficient (Wildman–Crippen LogP) is 0.829. The first-order valence-electron chi connectivity index (χ1n) is 14.2. The zero-order valence-electron chi connectivity index (χ0n) is 25.8. The number of Topliss-reactive ketones (excluding diaryl/α,β-unsaturated/α-hetero) is 2. The predicted molar refractivity (Wildman–Crippen MR) is 160 cm³/mol. The number of nitrogens with two attached hydrogens (primary N) is 2. The van der Waals surface area contributed by atoms with Crippen molar-refractivity contribution in [2.45, 2.75) is 69.1 Å². The molecule has 4 rings (SSSR count). The summed E-state index contributed by atoms with van der Waals surface area (Å²) in [7, 11) is 6.95. The first-order chi connectivity index (χ1) is 19.8. The Balaban J connectivity index is 2.02. The van der Waals surface area contributed by atoms with Gasteiger partial charge in [-0.1, -0.05) is 6.07 Å². The summed E-state index contributed by atoms with van der Waals surface area (Å²) in [4.78, 5) is 45.4. The first-order valence-corrected chi connectivity index (χ1v) is 14.2. The van der Waals surface area contributed by atoms with Crippen LogP contribution in [0.15, 0.2) is 29.0 Å². The van der Waals surface area contributed by atoms with Crippen molar-refractivity contribution in [2.75, 3.05) is 34.7 Å². The Hall–Kier alpha value is -3.76. The molecule has 0 aromatic heterocycles. The van der Waals surface area contributed by atoms with Crippen LogP contribution < -0.4 is 16.8 Å². The van der Waals surface area contributed by atoms with E-state index in [-0.39, 0.29) is 24.2 Å². The molecule has 1 fully saturated rings. The lowest BCUT2D eigenvalue weighted by Crippen LogP contribution is -2.80. The maximum absolute atomic E-state index is 14.6. The average Bonchev–Trinajstić information content (AvgIpc) is 2.83. The Kier molecular flexibility index (Phi) is 7.82. The molecular weight excluding hydrogens is 552 g/mol. The van der Waals surface area contributed by atoms with Crippen LogP contribution >= 0.6 is 0 Å². The topological polar surface area (TPSA) is 206 Å². The van der Waals surface area contributed by atoms with Crippen molar-refractivity contribution in [1.29, 1.82) is 5.26 Å². The van der Waals surface area contributed by atoms with Crippen LogP contribution in [-0.2, 0) is 27.2 Å². The second-order valence-electron chi connectivity index (χ2n) is 13.6.